The third kappa shape index (κ3) is 3.16. The van der Waals surface area contributed by atoms with Crippen LogP contribution in [-0.2, 0) is 4.79 Å². The summed E-state index contributed by atoms with van der Waals surface area (Å²) in [5.74, 6) is -1.32. The molecule has 1 aromatic heterocycles. The van der Waals surface area contributed by atoms with Crippen molar-refractivity contribution in [2.45, 2.75) is 19.8 Å². The smallest absolute Gasteiger partial charge is 0.323 e. The normalized spacial score (nSPS) is 12.5. The molecular formula is C13H13BrN2O4. The molecule has 0 aliphatic carbocycles. The van der Waals surface area contributed by atoms with Crippen LogP contribution in [0.5, 0.6) is 0 Å². The van der Waals surface area contributed by atoms with E-state index in [0.717, 1.165) is 0 Å². The van der Waals surface area contributed by atoms with E-state index >= 15 is 0 Å². The summed E-state index contributed by atoms with van der Waals surface area (Å²) in [6.07, 6.45) is 0.0949. The van der Waals surface area contributed by atoms with Gasteiger partial charge in [-0.05, 0) is 34.0 Å². The zero-order valence-electron chi connectivity index (χ0n) is 10.7. The molecule has 2 aromatic rings. The molecule has 1 heterocycles. The molecule has 0 radical (unpaired) electrons. The number of fused-ring (bicyclic) bond motifs is 1. The molecule has 3 N–H and O–H groups in total. The van der Waals surface area contributed by atoms with E-state index in [9.17, 15) is 14.4 Å². The van der Waals surface area contributed by atoms with Gasteiger partial charge in [0.15, 0.2) is 5.78 Å². The summed E-state index contributed by atoms with van der Waals surface area (Å²) in [5, 5.41) is 8.70. The van der Waals surface area contributed by atoms with Gasteiger partial charge in [-0.1, -0.05) is 6.92 Å². The van der Waals surface area contributed by atoms with Crippen LogP contribution in [0.1, 0.15) is 30.1 Å². The molecule has 0 saturated carbocycles. The molecule has 0 bridgehead atoms. The van der Waals surface area contributed by atoms with Crippen LogP contribution in [-0.4, -0.2) is 26.8 Å². The van der Waals surface area contributed by atoms with Gasteiger partial charge in [0.2, 0.25) is 0 Å². The lowest BCUT2D eigenvalue weighted by atomic mass is 9.97. The van der Waals surface area contributed by atoms with Crippen LogP contribution in [0.25, 0.3) is 11.0 Å². The lowest BCUT2D eigenvalue weighted by Gasteiger charge is -2.09. The summed E-state index contributed by atoms with van der Waals surface area (Å²) in [4.78, 5) is 39.2. The van der Waals surface area contributed by atoms with Crippen LogP contribution in [0.15, 0.2) is 21.4 Å². The summed E-state index contributed by atoms with van der Waals surface area (Å²) in [5.41, 5.74) is 1.25. The standard InChI is InChI=1S/C13H13BrN2O4/c1-6(3-12(18)19)2-11(17)7-4-9-10(5-8(7)14)16-13(20)15-9/h4-6H,2-3H2,1H3,(H,18,19)(H2,15,16,20). The third-order valence-electron chi connectivity index (χ3n) is 2.96. The first-order chi connectivity index (χ1) is 9.36. The molecule has 0 fully saturated rings. The first-order valence-corrected chi connectivity index (χ1v) is 6.82. The van der Waals surface area contributed by atoms with Gasteiger partial charge in [0.1, 0.15) is 0 Å². The zero-order chi connectivity index (χ0) is 14.9. The van der Waals surface area contributed by atoms with Gasteiger partial charge < -0.3 is 15.1 Å². The van der Waals surface area contributed by atoms with Crippen LogP contribution in [0, 0.1) is 5.92 Å². The summed E-state index contributed by atoms with van der Waals surface area (Å²) in [7, 11) is 0. The summed E-state index contributed by atoms with van der Waals surface area (Å²) < 4.78 is 0.577. The quantitative estimate of drug-likeness (QED) is 0.726. The van der Waals surface area contributed by atoms with Crippen LogP contribution >= 0.6 is 15.9 Å². The number of rotatable bonds is 5. The van der Waals surface area contributed by atoms with E-state index in [1.165, 1.54) is 0 Å². The number of nitrogens with one attached hydrogen (secondary N) is 2. The largest absolute Gasteiger partial charge is 0.481 e. The van der Waals surface area contributed by atoms with E-state index in [-0.39, 0.29) is 30.2 Å². The average molecular weight is 341 g/mol. The van der Waals surface area contributed by atoms with E-state index in [0.29, 0.717) is 21.1 Å². The van der Waals surface area contributed by atoms with Gasteiger partial charge >= 0.3 is 11.7 Å². The van der Waals surface area contributed by atoms with Gasteiger partial charge in [-0.15, -0.1) is 0 Å². The molecule has 0 amide bonds. The molecule has 6 nitrogen and oxygen atoms in total. The molecule has 20 heavy (non-hydrogen) atoms. The molecule has 1 atom stereocenters. The predicted molar refractivity (Wildman–Crippen MR) is 77.0 cm³/mol. The lowest BCUT2D eigenvalue weighted by Crippen LogP contribution is -2.10. The van der Waals surface area contributed by atoms with Crippen LogP contribution in [0.4, 0.5) is 0 Å². The minimum atomic E-state index is -0.921. The third-order valence-corrected chi connectivity index (χ3v) is 3.62. The number of aromatic nitrogens is 2. The van der Waals surface area contributed by atoms with Crippen molar-refractivity contribution in [3.8, 4) is 0 Å². The second kappa shape index (κ2) is 5.62. The molecule has 0 saturated heterocycles. The highest BCUT2D eigenvalue weighted by Gasteiger charge is 2.17. The molecule has 0 aliphatic rings. The Bertz CT molecular complexity index is 732. The number of benzene rings is 1. The fourth-order valence-electron chi connectivity index (χ4n) is 2.07. The highest BCUT2D eigenvalue weighted by Crippen LogP contribution is 2.24. The Kier molecular flexibility index (Phi) is 4.08. The van der Waals surface area contributed by atoms with Crippen molar-refractivity contribution in [2.75, 3.05) is 0 Å². The molecule has 7 heteroatoms. The average Bonchev–Trinajstić information content (AvgIpc) is 2.65. The van der Waals surface area contributed by atoms with E-state index in [4.69, 9.17) is 5.11 Å². The summed E-state index contributed by atoms with van der Waals surface area (Å²) in [6, 6.07) is 3.25. The fourth-order valence-corrected chi connectivity index (χ4v) is 2.63. The maximum Gasteiger partial charge on any atom is 0.323 e. The van der Waals surface area contributed by atoms with Crippen molar-refractivity contribution in [1.82, 2.24) is 9.97 Å². The van der Waals surface area contributed by atoms with Gasteiger partial charge in [-0.25, -0.2) is 4.79 Å². The molecule has 1 aromatic carbocycles. The number of carboxylic acid groups (broad SMARTS) is 1. The number of H-pyrrole nitrogens is 2. The Labute approximate surface area is 122 Å². The van der Waals surface area contributed by atoms with Crippen molar-refractivity contribution in [3.63, 3.8) is 0 Å². The monoisotopic (exact) mass is 340 g/mol. The number of carboxylic acids is 1. The van der Waals surface area contributed by atoms with Crippen molar-refractivity contribution in [1.29, 1.82) is 0 Å². The SMILES string of the molecule is CC(CC(=O)O)CC(=O)c1cc2[nH]c(=O)[nH]c2cc1Br. The number of ketones is 1. The Morgan fingerprint density at radius 1 is 1.25 bits per heavy atom. The van der Waals surface area contributed by atoms with Gasteiger partial charge in [0.25, 0.3) is 0 Å². The number of aromatic amines is 2. The first-order valence-electron chi connectivity index (χ1n) is 6.03. The molecule has 0 spiro atoms. The number of Topliss-reactive ketones (excluding diaryl/α,β-unsaturated/α-hetero) is 1. The second-order valence-electron chi connectivity index (χ2n) is 4.79. The van der Waals surface area contributed by atoms with Gasteiger partial charge in [-0.2, -0.15) is 0 Å². The van der Waals surface area contributed by atoms with Gasteiger partial charge in [-0.3, -0.25) is 9.59 Å². The Balaban J connectivity index is 2.27. The fraction of sp³-hybridized carbons (Fsp3) is 0.308. The number of aliphatic carboxylic acids is 1. The van der Waals surface area contributed by atoms with E-state index in [1.807, 2.05) is 0 Å². The number of carbonyl (C=O) groups is 2. The van der Waals surface area contributed by atoms with Crippen molar-refractivity contribution in [3.05, 3.63) is 32.7 Å². The van der Waals surface area contributed by atoms with Crippen LogP contribution in [0.2, 0.25) is 0 Å². The minimum absolute atomic E-state index is 0.0490. The predicted octanol–water partition coefficient (Wildman–Crippen LogP) is 2.30. The van der Waals surface area contributed by atoms with Gasteiger partial charge in [0, 0.05) is 22.9 Å². The van der Waals surface area contributed by atoms with Crippen molar-refractivity contribution < 1.29 is 14.7 Å². The number of imidazole rings is 1. The number of carbonyl (C=O) groups excluding carboxylic acids is 1. The van der Waals surface area contributed by atoms with Crippen molar-refractivity contribution >= 4 is 38.7 Å². The van der Waals surface area contributed by atoms with Crippen LogP contribution in [0.3, 0.4) is 0 Å². The molecule has 2 rings (SSSR count). The first kappa shape index (κ1) is 14.5. The van der Waals surface area contributed by atoms with E-state index in [2.05, 4.69) is 25.9 Å². The molecule has 106 valence electrons. The number of hydrogen-bond acceptors (Lipinski definition) is 3. The highest BCUT2D eigenvalue weighted by atomic mass is 79.9. The van der Waals surface area contributed by atoms with E-state index < -0.39 is 5.97 Å². The van der Waals surface area contributed by atoms with Crippen LogP contribution < -0.4 is 5.69 Å². The molecule has 1 unspecified atom stereocenters. The van der Waals surface area contributed by atoms with Gasteiger partial charge in [0.05, 0.1) is 11.0 Å². The van der Waals surface area contributed by atoms with Crippen molar-refractivity contribution in [2.24, 2.45) is 5.92 Å². The Morgan fingerprint density at radius 3 is 2.45 bits per heavy atom. The maximum absolute atomic E-state index is 12.2. The highest BCUT2D eigenvalue weighted by molar-refractivity contribution is 9.10. The Hall–Kier alpha value is -1.89. The maximum atomic E-state index is 12.2. The number of halogens is 1. The summed E-state index contributed by atoms with van der Waals surface area (Å²) in [6.45, 7) is 1.72. The summed E-state index contributed by atoms with van der Waals surface area (Å²) >= 11 is 3.29. The lowest BCUT2D eigenvalue weighted by molar-refractivity contribution is -0.137. The Morgan fingerprint density at radius 2 is 1.85 bits per heavy atom. The second-order valence-corrected chi connectivity index (χ2v) is 5.64. The molecule has 0 aliphatic heterocycles. The minimum Gasteiger partial charge on any atom is -0.481 e. The topological polar surface area (TPSA) is 103 Å². The molecular weight excluding hydrogens is 328 g/mol. The zero-order valence-corrected chi connectivity index (χ0v) is 12.3. The van der Waals surface area contributed by atoms with E-state index in [1.54, 1.807) is 19.1 Å². The number of hydrogen-bond donors (Lipinski definition) is 3.